The summed E-state index contributed by atoms with van der Waals surface area (Å²) in [6.45, 7) is 7.29. The maximum atomic E-state index is 10.8. The number of aryl methyl sites for hydroxylation is 1. The monoisotopic (exact) mass is 329 g/mol. The maximum absolute atomic E-state index is 10.8. The molecule has 1 aliphatic rings. The Morgan fingerprint density at radius 2 is 2.12 bits per heavy atom. The van der Waals surface area contributed by atoms with Crippen LogP contribution in [0.15, 0.2) is 42.7 Å². The largest absolute Gasteiger partial charge is 0.487 e. The van der Waals surface area contributed by atoms with Crippen LogP contribution in [-0.4, -0.2) is 44.6 Å². The standard InChI is InChI=1S/C19H27N3O2/c1-3-10-22-14-16(12-20-22)13-21-11-9-18(19(2,23)15-21)24-17-7-5-4-6-8-17/h4-8,12,14,18,23H,3,9-11,13,15H2,1-2H3/t18-,19-/m0/s1. The van der Waals surface area contributed by atoms with Crippen LogP contribution >= 0.6 is 0 Å². The zero-order valence-corrected chi connectivity index (χ0v) is 14.6. The van der Waals surface area contributed by atoms with Crippen molar-refractivity contribution in [1.82, 2.24) is 14.7 Å². The van der Waals surface area contributed by atoms with Crippen LogP contribution in [0, 0.1) is 0 Å². The second-order valence-corrected chi connectivity index (χ2v) is 6.89. The third-order valence-electron chi connectivity index (χ3n) is 4.51. The van der Waals surface area contributed by atoms with Gasteiger partial charge in [0.15, 0.2) is 0 Å². The van der Waals surface area contributed by atoms with Crippen molar-refractivity contribution in [2.45, 2.75) is 51.5 Å². The molecular weight excluding hydrogens is 302 g/mol. The number of β-amino-alcohol motifs (C(OH)–C–C–N with tert-alkyl or cyclic N) is 1. The molecule has 5 nitrogen and oxygen atoms in total. The van der Waals surface area contributed by atoms with Gasteiger partial charge in [0.2, 0.25) is 0 Å². The lowest BCUT2D eigenvalue weighted by Gasteiger charge is -2.42. The normalized spacial score (nSPS) is 24.9. The second kappa shape index (κ2) is 7.36. The Bertz CT molecular complexity index is 639. The van der Waals surface area contributed by atoms with Crippen molar-refractivity contribution in [2.24, 2.45) is 0 Å². The Labute approximate surface area is 143 Å². The molecule has 0 saturated carbocycles. The number of nitrogens with zero attached hydrogens (tertiary/aromatic N) is 3. The minimum absolute atomic E-state index is 0.182. The third-order valence-corrected chi connectivity index (χ3v) is 4.51. The van der Waals surface area contributed by atoms with Gasteiger partial charge in [-0.05, 0) is 31.9 Å². The summed E-state index contributed by atoms with van der Waals surface area (Å²) in [7, 11) is 0. The van der Waals surface area contributed by atoms with E-state index in [1.807, 2.05) is 48.1 Å². The van der Waals surface area contributed by atoms with Crippen molar-refractivity contribution in [3.8, 4) is 5.75 Å². The summed E-state index contributed by atoms with van der Waals surface area (Å²) in [6.07, 6.45) is 5.74. The fourth-order valence-electron chi connectivity index (χ4n) is 3.33. The van der Waals surface area contributed by atoms with Gasteiger partial charge in [-0.15, -0.1) is 0 Å². The first kappa shape index (κ1) is 17.0. The zero-order valence-electron chi connectivity index (χ0n) is 14.6. The highest BCUT2D eigenvalue weighted by Gasteiger charge is 2.39. The third kappa shape index (κ3) is 4.16. The van der Waals surface area contributed by atoms with Gasteiger partial charge < -0.3 is 9.84 Å². The van der Waals surface area contributed by atoms with E-state index in [2.05, 4.69) is 23.1 Å². The lowest BCUT2D eigenvalue weighted by atomic mass is 9.91. The van der Waals surface area contributed by atoms with Gasteiger partial charge in [0.1, 0.15) is 17.5 Å². The van der Waals surface area contributed by atoms with E-state index < -0.39 is 5.60 Å². The van der Waals surface area contributed by atoms with Crippen molar-refractivity contribution in [1.29, 1.82) is 0 Å². The number of piperidine rings is 1. The maximum Gasteiger partial charge on any atom is 0.129 e. The summed E-state index contributed by atoms with van der Waals surface area (Å²) in [6, 6.07) is 9.74. The van der Waals surface area contributed by atoms with Crippen LogP contribution < -0.4 is 4.74 Å². The Kier molecular flexibility index (Phi) is 5.21. The van der Waals surface area contributed by atoms with Gasteiger partial charge in [-0.3, -0.25) is 9.58 Å². The summed E-state index contributed by atoms with van der Waals surface area (Å²) >= 11 is 0. The molecule has 0 unspecified atom stereocenters. The molecule has 0 spiro atoms. The molecule has 3 rings (SSSR count). The van der Waals surface area contributed by atoms with Crippen LogP contribution in [0.4, 0.5) is 0 Å². The van der Waals surface area contributed by atoms with Crippen molar-refractivity contribution in [3.05, 3.63) is 48.3 Å². The molecule has 1 aromatic carbocycles. The highest BCUT2D eigenvalue weighted by molar-refractivity contribution is 5.22. The van der Waals surface area contributed by atoms with Gasteiger partial charge in [-0.1, -0.05) is 25.1 Å². The molecule has 2 aromatic rings. The number of para-hydroxylation sites is 1. The second-order valence-electron chi connectivity index (χ2n) is 6.89. The van der Waals surface area contributed by atoms with E-state index in [1.54, 1.807) is 0 Å². The van der Waals surface area contributed by atoms with Crippen molar-refractivity contribution in [2.75, 3.05) is 13.1 Å². The van der Waals surface area contributed by atoms with Crippen LogP contribution in [0.1, 0.15) is 32.3 Å². The number of benzene rings is 1. The molecule has 2 atom stereocenters. The zero-order chi connectivity index (χ0) is 17.0. The molecule has 0 radical (unpaired) electrons. The Balaban J connectivity index is 1.58. The van der Waals surface area contributed by atoms with E-state index in [0.29, 0.717) is 6.54 Å². The summed E-state index contributed by atoms with van der Waals surface area (Å²) in [4.78, 5) is 2.28. The van der Waals surface area contributed by atoms with Crippen molar-refractivity contribution >= 4 is 0 Å². The quantitative estimate of drug-likeness (QED) is 0.885. The predicted octanol–water partition coefficient (Wildman–Crippen LogP) is 2.70. The summed E-state index contributed by atoms with van der Waals surface area (Å²) in [5, 5.41) is 15.2. The molecule has 1 aliphatic heterocycles. The molecule has 0 amide bonds. The van der Waals surface area contributed by atoms with Gasteiger partial charge in [0, 0.05) is 37.9 Å². The first-order valence-corrected chi connectivity index (χ1v) is 8.74. The van der Waals surface area contributed by atoms with E-state index in [4.69, 9.17) is 4.74 Å². The number of ether oxygens (including phenoxy) is 1. The van der Waals surface area contributed by atoms with E-state index in [1.165, 1.54) is 5.56 Å². The van der Waals surface area contributed by atoms with E-state index >= 15 is 0 Å². The summed E-state index contributed by atoms with van der Waals surface area (Å²) in [5.74, 6) is 0.817. The Hall–Kier alpha value is -1.85. The molecule has 130 valence electrons. The molecule has 2 heterocycles. The van der Waals surface area contributed by atoms with Crippen LogP contribution in [0.5, 0.6) is 5.75 Å². The highest BCUT2D eigenvalue weighted by atomic mass is 16.5. The first-order valence-electron chi connectivity index (χ1n) is 8.74. The minimum Gasteiger partial charge on any atom is -0.487 e. The number of likely N-dealkylation sites (tertiary alicyclic amines) is 1. The van der Waals surface area contributed by atoms with Crippen molar-refractivity contribution in [3.63, 3.8) is 0 Å². The topological polar surface area (TPSA) is 50.5 Å². The number of aromatic nitrogens is 2. The van der Waals surface area contributed by atoms with Crippen LogP contribution in [0.25, 0.3) is 0 Å². The first-order chi connectivity index (χ1) is 11.6. The van der Waals surface area contributed by atoms with E-state index in [9.17, 15) is 5.11 Å². The Morgan fingerprint density at radius 3 is 2.83 bits per heavy atom. The van der Waals surface area contributed by atoms with Gasteiger partial charge in [-0.25, -0.2) is 0 Å². The molecule has 1 saturated heterocycles. The van der Waals surface area contributed by atoms with E-state index in [-0.39, 0.29) is 6.10 Å². The smallest absolute Gasteiger partial charge is 0.129 e. The highest BCUT2D eigenvalue weighted by Crippen LogP contribution is 2.27. The Morgan fingerprint density at radius 1 is 1.33 bits per heavy atom. The average molecular weight is 329 g/mol. The predicted molar refractivity (Wildman–Crippen MR) is 93.9 cm³/mol. The van der Waals surface area contributed by atoms with Crippen LogP contribution in [-0.2, 0) is 13.1 Å². The van der Waals surface area contributed by atoms with E-state index in [0.717, 1.165) is 38.2 Å². The number of rotatable bonds is 6. The minimum atomic E-state index is -0.868. The molecule has 1 aromatic heterocycles. The number of hydrogen-bond acceptors (Lipinski definition) is 4. The van der Waals surface area contributed by atoms with Gasteiger partial charge in [-0.2, -0.15) is 5.10 Å². The lowest BCUT2D eigenvalue weighted by Crippen LogP contribution is -2.56. The van der Waals surface area contributed by atoms with Gasteiger partial charge in [0.25, 0.3) is 0 Å². The SMILES string of the molecule is CCCn1cc(CN2CC[C@H](Oc3ccccc3)[C@@](C)(O)C2)cn1. The van der Waals surface area contributed by atoms with Gasteiger partial charge in [0.05, 0.1) is 6.20 Å². The number of hydrogen-bond donors (Lipinski definition) is 1. The molecule has 0 aliphatic carbocycles. The lowest BCUT2D eigenvalue weighted by molar-refractivity contribution is -0.0993. The summed E-state index contributed by atoms with van der Waals surface area (Å²) in [5.41, 5.74) is 0.328. The number of aliphatic hydroxyl groups is 1. The molecular formula is C19H27N3O2. The van der Waals surface area contributed by atoms with Crippen molar-refractivity contribution < 1.29 is 9.84 Å². The molecule has 5 heteroatoms. The fraction of sp³-hybridized carbons (Fsp3) is 0.526. The van der Waals surface area contributed by atoms with Gasteiger partial charge >= 0.3 is 0 Å². The fourth-order valence-corrected chi connectivity index (χ4v) is 3.33. The molecule has 1 fully saturated rings. The average Bonchev–Trinajstić information content (AvgIpc) is 2.98. The van der Waals surface area contributed by atoms with Crippen LogP contribution in [0.2, 0.25) is 0 Å². The summed E-state index contributed by atoms with van der Waals surface area (Å²) < 4.78 is 8.00. The molecule has 24 heavy (non-hydrogen) atoms. The molecule has 1 N–H and O–H groups in total. The molecule has 0 bridgehead atoms. The van der Waals surface area contributed by atoms with Crippen LogP contribution in [0.3, 0.4) is 0 Å².